The first kappa shape index (κ1) is 35.1. The molecule has 0 aromatic carbocycles. The zero-order valence-corrected chi connectivity index (χ0v) is 26.4. The van der Waals surface area contributed by atoms with Crippen LogP contribution >= 0.6 is 7.60 Å². The molecule has 0 saturated carbocycles. The minimum absolute atomic E-state index is 0.158. The first-order valence-electron chi connectivity index (χ1n) is 14.0. The number of allylic oxidation sites excluding steroid dienone is 2. The molecule has 1 aliphatic heterocycles. The van der Waals surface area contributed by atoms with Crippen molar-refractivity contribution >= 4 is 31.0 Å². The Balaban J connectivity index is 1.90. The maximum absolute atomic E-state index is 14.4. The molecule has 46 heavy (non-hydrogen) atoms. The van der Waals surface area contributed by atoms with Crippen molar-refractivity contribution in [2.75, 3.05) is 51.6 Å². The number of methoxy groups -OCH3 is 2. The summed E-state index contributed by atoms with van der Waals surface area (Å²) in [5, 5.41) is 21.8. The SMILES string of the molecule is CNC(=O)C1C(Nc2nc(NC3(P(=O)([O-])O)CC=C(C)C=C3OC)ncc2C(F)(F)F)(OC)C=CC[N+]1(CCCO)c1cn[nH]c1. The molecule has 0 saturated heterocycles. The number of aliphatic hydroxyl groups is 1. The van der Waals surface area contributed by atoms with Crippen LogP contribution in [-0.2, 0) is 25.0 Å². The quantitative estimate of drug-likeness (QED) is 0.0823. The number of hydrogen-bond donors (Lipinski definition) is 6. The third kappa shape index (κ3) is 6.28. The van der Waals surface area contributed by atoms with Crippen LogP contribution in [0, 0.1) is 0 Å². The number of hydrogen-bond acceptors (Lipinski definition) is 11. The molecule has 2 aromatic heterocycles. The van der Waals surface area contributed by atoms with Crippen LogP contribution in [0.2, 0.25) is 0 Å². The molecule has 2 aromatic rings. The van der Waals surface area contributed by atoms with Crippen molar-refractivity contribution in [3.63, 3.8) is 0 Å². The van der Waals surface area contributed by atoms with Gasteiger partial charge in [-0.05, 0) is 25.2 Å². The number of nitrogens with zero attached hydrogens (tertiary/aromatic N) is 4. The lowest BCUT2D eigenvalue weighted by molar-refractivity contribution is -0.199. The van der Waals surface area contributed by atoms with Gasteiger partial charge in [0, 0.05) is 39.8 Å². The Labute approximate surface area is 262 Å². The molecule has 19 heteroatoms. The lowest BCUT2D eigenvalue weighted by Crippen LogP contribution is -2.75. The van der Waals surface area contributed by atoms with Gasteiger partial charge in [-0.1, -0.05) is 11.6 Å². The van der Waals surface area contributed by atoms with Gasteiger partial charge in [-0.2, -0.15) is 23.3 Å². The third-order valence-electron chi connectivity index (χ3n) is 8.16. The van der Waals surface area contributed by atoms with Gasteiger partial charge in [0.15, 0.2) is 18.6 Å². The number of likely N-dealkylation sites (N-methyl/N-ethyl adjacent to an activating group) is 1. The Hall–Kier alpha value is -3.80. The van der Waals surface area contributed by atoms with E-state index in [1.54, 1.807) is 13.0 Å². The second kappa shape index (κ2) is 13.1. The van der Waals surface area contributed by atoms with Gasteiger partial charge in [0.05, 0.1) is 19.9 Å². The third-order valence-corrected chi connectivity index (χ3v) is 9.64. The number of carbonyl (C=O) groups is 1. The van der Waals surface area contributed by atoms with Crippen LogP contribution in [0.25, 0.3) is 0 Å². The predicted molar refractivity (Wildman–Crippen MR) is 159 cm³/mol. The summed E-state index contributed by atoms with van der Waals surface area (Å²) in [6.45, 7) is 1.77. The molecule has 3 heterocycles. The summed E-state index contributed by atoms with van der Waals surface area (Å²) in [5.41, 5.74) is -2.25. The number of quaternary nitrogens is 1. The van der Waals surface area contributed by atoms with Crippen molar-refractivity contribution in [3.8, 4) is 0 Å². The smallest absolute Gasteiger partial charge is 0.421 e. The molecule has 0 bridgehead atoms. The summed E-state index contributed by atoms with van der Waals surface area (Å²) in [6, 6.07) is -1.32. The van der Waals surface area contributed by atoms with E-state index in [-0.39, 0.29) is 42.8 Å². The molecule has 6 N–H and O–H groups in total. The number of alkyl halides is 3. The molecule has 5 atom stereocenters. The number of aliphatic hydroxyl groups excluding tert-OH is 1. The van der Waals surface area contributed by atoms with Gasteiger partial charge in [0.1, 0.15) is 29.9 Å². The molecule has 0 fully saturated rings. The Kier molecular flexibility index (Phi) is 10.0. The Bertz CT molecular complexity index is 1560. The van der Waals surface area contributed by atoms with Gasteiger partial charge < -0.3 is 44.9 Å². The van der Waals surface area contributed by atoms with Gasteiger partial charge >= 0.3 is 6.18 Å². The van der Waals surface area contributed by atoms with E-state index < -0.39 is 54.1 Å². The van der Waals surface area contributed by atoms with Crippen molar-refractivity contribution in [1.29, 1.82) is 0 Å². The second-order valence-corrected chi connectivity index (χ2v) is 12.6. The summed E-state index contributed by atoms with van der Waals surface area (Å²) < 4.78 is 66.9. The number of anilines is 2. The zero-order chi connectivity index (χ0) is 34.0. The molecular weight excluding hydrogens is 636 g/mol. The topological polar surface area (TPSA) is 207 Å². The fourth-order valence-corrected chi connectivity index (χ4v) is 6.89. The van der Waals surface area contributed by atoms with Crippen LogP contribution in [0.3, 0.4) is 0 Å². The van der Waals surface area contributed by atoms with Gasteiger partial charge in [0.25, 0.3) is 5.91 Å². The summed E-state index contributed by atoms with van der Waals surface area (Å²) in [7, 11) is -1.64. The number of aromatic nitrogens is 4. The minimum atomic E-state index is -5.38. The van der Waals surface area contributed by atoms with Crippen molar-refractivity contribution in [2.24, 2.45) is 0 Å². The van der Waals surface area contributed by atoms with E-state index in [1.165, 1.54) is 51.9 Å². The number of amides is 1. The molecule has 1 aliphatic carbocycles. The maximum Gasteiger partial charge on any atom is 0.421 e. The average molecular weight is 673 g/mol. The Morgan fingerprint density at radius 1 is 1.30 bits per heavy atom. The average Bonchev–Trinajstić information content (AvgIpc) is 3.55. The normalized spacial score (nSPS) is 27.7. The molecule has 1 amide bonds. The van der Waals surface area contributed by atoms with Gasteiger partial charge in [-0.25, -0.2) is 4.98 Å². The molecule has 0 radical (unpaired) electrons. The second-order valence-electron chi connectivity index (χ2n) is 10.8. The van der Waals surface area contributed by atoms with Crippen LogP contribution in [0.4, 0.5) is 30.6 Å². The maximum atomic E-state index is 14.4. The first-order chi connectivity index (χ1) is 21.6. The van der Waals surface area contributed by atoms with E-state index in [0.717, 1.165) is 0 Å². The molecule has 5 unspecified atom stereocenters. The Morgan fingerprint density at radius 3 is 2.61 bits per heavy atom. The number of rotatable bonds is 12. The van der Waals surface area contributed by atoms with Crippen LogP contribution in [0.1, 0.15) is 25.3 Å². The molecular formula is C27H36F3N8O7P. The predicted octanol–water partition coefficient (Wildman–Crippen LogP) is 1.58. The van der Waals surface area contributed by atoms with Crippen molar-refractivity contribution < 1.29 is 46.9 Å². The first-order valence-corrected chi connectivity index (χ1v) is 15.6. The van der Waals surface area contributed by atoms with E-state index in [2.05, 4.69) is 36.1 Å². The van der Waals surface area contributed by atoms with Crippen molar-refractivity contribution in [3.05, 3.63) is 59.8 Å². The highest BCUT2D eigenvalue weighted by atomic mass is 31.2. The number of halogens is 3. The summed E-state index contributed by atoms with van der Waals surface area (Å²) in [6.07, 6.45) is 4.14. The zero-order valence-electron chi connectivity index (χ0n) is 25.5. The van der Waals surface area contributed by atoms with Crippen LogP contribution < -0.4 is 25.3 Å². The van der Waals surface area contributed by atoms with Crippen LogP contribution in [0.5, 0.6) is 0 Å². The molecule has 252 valence electrons. The molecule has 0 spiro atoms. The van der Waals surface area contributed by atoms with Gasteiger partial charge in [0.2, 0.25) is 17.7 Å². The highest BCUT2D eigenvalue weighted by Crippen LogP contribution is 2.55. The minimum Gasteiger partial charge on any atom is -0.777 e. The van der Waals surface area contributed by atoms with E-state index in [1.807, 2.05) is 0 Å². The highest BCUT2D eigenvalue weighted by Gasteiger charge is 2.59. The molecule has 4 rings (SSSR count). The molecule has 15 nitrogen and oxygen atoms in total. The lowest BCUT2D eigenvalue weighted by atomic mass is 9.91. The monoisotopic (exact) mass is 672 g/mol. The summed E-state index contributed by atoms with van der Waals surface area (Å²) >= 11 is 0. The van der Waals surface area contributed by atoms with Gasteiger partial charge in [-0.3, -0.25) is 14.4 Å². The van der Waals surface area contributed by atoms with Crippen molar-refractivity contribution in [1.82, 2.24) is 30.0 Å². The van der Waals surface area contributed by atoms with E-state index in [4.69, 9.17) is 9.47 Å². The Morgan fingerprint density at radius 2 is 2.04 bits per heavy atom. The van der Waals surface area contributed by atoms with E-state index in [0.29, 0.717) is 17.5 Å². The van der Waals surface area contributed by atoms with E-state index >= 15 is 0 Å². The number of H-pyrrole nitrogens is 1. The standard InChI is InChI=1S/C27H36F3N8O7P/c1-17-7-9-26(46(41,42)43,20(13-17)44-3)37-24-32-16-19(27(28,29)30)22(35-24)36-25(45-4)8-5-10-38(11-6-12-39,18-14-33-34-15-18)21(25)23(40)31-2/h5,7-8,13-16,21,39H,6,9-12H2,1-4H3,(H5-,31,32,33,34,35,36,37,40,41,42,43). The number of aromatic amines is 1. The highest BCUT2D eigenvalue weighted by molar-refractivity contribution is 7.52. The number of ether oxygens (including phenoxy) is 2. The number of carbonyl (C=O) groups excluding carboxylic acids is 1. The molecule has 2 aliphatic rings. The van der Waals surface area contributed by atoms with Crippen molar-refractivity contribution in [2.45, 2.75) is 43.0 Å². The largest absolute Gasteiger partial charge is 0.777 e. The van der Waals surface area contributed by atoms with Crippen LogP contribution in [-0.4, -0.2) is 94.1 Å². The van der Waals surface area contributed by atoms with Crippen LogP contribution in [0.15, 0.2) is 54.2 Å². The lowest BCUT2D eigenvalue weighted by Gasteiger charge is -2.51. The summed E-state index contributed by atoms with van der Waals surface area (Å²) in [5.74, 6) is -2.33. The number of nitrogens with one attached hydrogen (secondary N) is 4. The van der Waals surface area contributed by atoms with Gasteiger partial charge in [-0.15, -0.1) is 0 Å². The van der Waals surface area contributed by atoms with E-state index in [9.17, 15) is 37.4 Å². The fraction of sp³-hybridized carbons (Fsp3) is 0.481. The summed E-state index contributed by atoms with van der Waals surface area (Å²) in [4.78, 5) is 44.5. The fourth-order valence-electron chi connectivity index (χ4n) is 5.90.